The van der Waals surface area contributed by atoms with E-state index in [-0.39, 0.29) is 5.92 Å². The van der Waals surface area contributed by atoms with Crippen molar-refractivity contribution in [1.29, 1.82) is 0 Å². The number of aryl methyl sites for hydroxylation is 1. The van der Waals surface area contributed by atoms with Gasteiger partial charge in [0, 0.05) is 6.42 Å². The lowest BCUT2D eigenvalue weighted by atomic mass is 9.98. The molecule has 1 aromatic carbocycles. The average Bonchev–Trinajstić information content (AvgIpc) is 2.57. The second kappa shape index (κ2) is 4.11. The largest absolute Gasteiger partial charge is 0.303 e. The van der Waals surface area contributed by atoms with Gasteiger partial charge in [-0.2, -0.15) is 0 Å². The third-order valence-electron chi connectivity index (χ3n) is 2.54. The standard InChI is InChI=1S/C12H13NOS/c1-8(5-6-14)10-3-4-12-11(7-10)13-9(2)15-12/h3-4,6-8H,5H2,1-2H3. The van der Waals surface area contributed by atoms with E-state index in [1.807, 2.05) is 6.92 Å². The average molecular weight is 219 g/mol. The Balaban J connectivity index is 2.41. The van der Waals surface area contributed by atoms with E-state index in [9.17, 15) is 4.79 Å². The Morgan fingerprint density at radius 1 is 1.53 bits per heavy atom. The van der Waals surface area contributed by atoms with Gasteiger partial charge in [-0.05, 0) is 30.5 Å². The molecule has 3 heteroatoms. The fraction of sp³-hybridized carbons (Fsp3) is 0.333. The first-order valence-corrected chi connectivity index (χ1v) is 5.83. The van der Waals surface area contributed by atoms with Gasteiger partial charge in [0.15, 0.2) is 0 Å². The maximum absolute atomic E-state index is 10.4. The van der Waals surface area contributed by atoms with Crippen LogP contribution in [0.4, 0.5) is 0 Å². The van der Waals surface area contributed by atoms with Gasteiger partial charge in [0.1, 0.15) is 6.29 Å². The molecule has 2 nitrogen and oxygen atoms in total. The predicted octanol–water partition coefficient (Wildman–Crippen LogP) is 3.30. The van der Waals surface area contributed by atoms with Crippen molar-refractivity contribution in [3.8, 4) is 0 Å². The molecular weight excluding hydrogens is 206 g/mol. The summed E-state index contributed by atoms with van der Waals surface area (Å²) in [7, 11) is 0. The lowest BCUT2D eigenvalue weighted by Crippen LogP contribution is -1.93. The highest BCUT2D eigenvalue weighted by molar-refractivity contribution is 7.18. The van der Waals surface area contributed by atoms with Crippen molar-refractivity contribution in [2.24, 2.45) is 0 Å². The molecule has 0 bridgehead atoms. The monoisotopic (exact) mass is 219 g/mol. The number of hydrogen-bond acceptors (Lipinski definition) is 3. The molecule has 2 rings (SSSR count). The van der Waals surface area contributed by atoms with E-state index in [0.717, 1.165) is 16.8 Å². The Labute approximate surface area is 93.0 Å². The van der Waals surface area contributed by atoms with Gasteiger partial charge in [-0.15, -0.1) is 11.3 Å². The number of carbonyl (C=O) groups is 1. The van der Waals surface area contributed by atoms with E-state index in [0.29, 0.717) is 6.42 Å². The molecule has 0 aliphatic heterocycles. The zero-order chi connectivity index (χ0) is 10.8. The number of rotatable bonds is 3. The van der Waals surface area contributed by atoms with Gasteiger partial charge in [-0.25, -0.2) is 4.98 Å². The molecular formula is C12H13NOS. The predicted molar refractivity (Wildman–Crippen MR) is 63.5 cm³/mol. The van der Waals surface area contributed by atoms with Gasteiger partial charge >= 0.3 is 0 Å². The van der Waals surface area contributed by atoms with Crippen LogP contribution < -0.4 is 0 Å². The maximum Gasteiger partial charge on any atom is 0.120 e. The lowest BCUT2D eigenvalue weighted by molar-refractivity contribution is -0.108. The topological polar surface area (TPSA) is 30.0 Å². The van der Waals surface area contributed by atoms with Crippen molar-refractivity contribution in [2.75, 3.05) is 0 Å². The summed E-state index contributed by atoms with van der Waals surface area (Å²) in [6, 6.07) is 6.28. The van der Waals surface area contributed by atoms with Crippen molar-refractivity contribution < 1.29 is 4.79 Å². The Bertz CT molecular complexity index is 489. The molecule has 1 atom stereocenters. The highest BCUT2D eigenvalue weighted by Gasteiger charge is 2.07. The van der Waals surface area contributed by atoms with Crippen molar-refractivity contribution in [2.45, 2.75) is 26.2 Å². The van der Waals surface area contributed by atoms with Crippen LogP contribution >= 0.6 is 11.3 Å². The quantitative estimate of drug-likeness (QED) is 0.741. The third kappa shape index (κ3) is 2.07. The Morgan fingerprint density at radius 2 is 2.33 bits per heavy atom. The fourth-order valence-electron chi connectivity index (χ4n) is 1.65. The third-order valence-corrected chi connectivity index (χ3v) is 3.49. The van der Waals surface area contributed by atoms with Crippen LogP contribution in [0.1, 0.15) is 29.8 Å². The van der Waals surface area contributed by atoms with E-state index < -0.39 is 0 Å². The first-order valence-electron chi connectivity index (χ1n) is 5.01. The van der Waals surface area contributed by atoms with Crippen molar-refractivity contribution >= 4 is 27.8 Å². The van der Waals surface area contributed by atoms with Crippen LogP contribution in [0, 0.1) is 6.92 Å². The van der Waals surface area contributed by atoms with Gasteiger partial charge in [-0.3, -0.25) is 0 Å². The molecule has 15 heavy (non-hydrogen) atoms. The minimum absolute atomic E-state index is 0.286. The molecule has 0 N–H and O–H groups in total. The number of carbonyl (C=O) groups excluding carboxylic acids is 1. The second-order valence-corrected chi connectivity index (χ2v) is 5.00. The first-order chi connectivity index (χ1) is 7.20. The lowest BCUT2D eigenvalue weighted by Gasteiger charge is -2.07. The Hall–Kier alpha value is -1.22. The molecule has 1 unspecified atom stereocenters. The number of benzene rings is 1. The van der Waals surface area contributed by atoms with Crippen molar-refractivity contribution in [3.05, 3.63) is 28.8 Å². The summed E-state index contributed by atoms with van der Waals surface area (Å²) in [4.78, 5) is 14.9. The number of aldehydes is 1. The van der Waals surface area contributed by atoms with Crippen LogP contribution in [0.2, 0.25) is 0 Å². The highest BCUT2D eigenvalue weighted by Crippen LogP contribution is 2.26. The fourth-order valence-corrected chi connectivity index (χ4v) is 2.45. The smallest absolute Gasteiger partial charge is 0.120 e. The van der Waals surface area contributed by atoms with Gasteiger partial charge < -0.3 is 4.79 Å². The van der Waals surface area contributed by atoms with Gasteiger partial charge in [0.25, 0.3) is 0 Å². The number of hydrogen-bond donors (Lipinski definition) is 0. The minimum atomic E-state index is 0.286. The zero-order valence-electron chi connectivity index (χ0n) is 8.86. The number of fused-ring (bicyclic) bond motifs is 1. The molecule has 0 saturated heterocycles. The van der Waals surface area contributed by atoms with Crippen LogP contribution in [0.25, 0.3) is 10.2 Å². The van der Waals surface area contributed by atoms with Gasteiger partial charge in [0.2, 0.25) is 0 Å². The van der Waals surface area contributed by atoms with E-state index in [2.05, 4.69) is 30.1 Å². The molecule has 0 radical (unpaired) electrons. The summed E-state index contributed by atoms with van der Waals surface area (Å²) in [5.74, 6) is 0.286. The minimum Gasteiger partial charge on any atom is -0.303 e. The number of thiazole rings is 1. The van der Waals surface area contributed by atoms with Gasteiger partial charge in [-0.1, -0.05) is 13.0 Å². The molecule has 0 amide bonds. The summed E-state index contributed by atoms with van der Waals surface area (Å²) >= 11 is 1.71. The number of nitrogens with zero attached hydrogens (tertiary/aromatic N) is 1. The summed E-state index contributed by atoms with van der Waals surface area (Å²) in [6.45, 7) is 4.08. The Kier molecular flexibility index (Phi) is 2.82. The maximum atomic E-state index is 10.4. The van der Waals surface area contributed by atoms with E-state index >= 15 is 0 Å². The van der Waals surface area contributed by atoms with Crippen LogP contribution in [-0.2, 0) is 4.79 Å². The summed E-state index contributed by atoms with van der Waals surface area (Å²) in [5, 5.41) is 1.09. The molecule has 0 spiro atoms. The molecule has 0 saturated carbocycles. The molecule has 0 aliphatic rings. The molecule has 0 fully saturated rings. The second-order valence-electron chi connectivity index (χ2n) is 3.76. The summed E-state index contributed by atoms with van der Waals surface area (Å²) < 4.78 is 1.22. The summed E-state index contributed by atoms with van der Waals surface area (Å²) in [6.07, 6.45) is 1.55. The normalized spacial score (nSPS) is 12.9. The molecule has 2 aromatic rings. The van der Waals surface area contributed by atoms with E-state index in [1.165, 1.54) is 10.3 Å². The molecule has 78 valence electrons. The van der Waals surface area contributed by atoms with Crippen LogP contribution in [0.5, 0.6) is 0 Å². The molecule has 0 aliphatic carbocycles. The first kappa shape index (κ1) is 10.3. The van der Waals surface area contributed by atoms with E-state index in [1.54, 1.807) is 11.3 Å². The van der Waals surface area contributed by atoms with Crippen LogP contribution in [0.3, 0.4) is 0 Å². The SMILES string of the molecule is Cc1nc2cc(C(C)CC=O)ccc2s1. The highest BCUT2D eigenvalue weighted by atomic mass is 32.1. The Morgan fingerprint density at radius 3 is 3.07 bits per heavy atom. The summed E-state index contributed by atoms with van der Waals surface area (Å²) in [5.41, 5.74) is 2.24. The van der Waals surface area contributed by atoms with Gasteiger partial charge in [0.05, 0.1) is 15.2 Å². The number of aromatic nitrogens is 1. The molecule has 1 heterocycles. The van der Waals surface area contributed by atoms with Crippen LogP contribution in [0.15, 0.2) is 18.2 Å². The molecule has 1 aromatic heterocycles. The van der Waals surface area contributed by atoms with Crippen molar-refractivity contribution in [3.63, 3.8) is 0 Å². The van der Waals surface area contributed by atoms with Crippen LogP contribution in [-0.4, -0.2) is 11.3 Å². The van der Waals surface area contributed by atoms with Crippen molar-refractivity contribution in [1.82, 2.24) is 4.98 Å². The zero-order valence-corrected chi connectivity index (χ0v) is 9.67. The van der Waals surface area contributed by atoms with E-state index in [4.69, 9.17) is 0 Å².